The van der Waals surface area contributed by atoms with Crippen LogP contribution in [0.2, 0.25) is 0 Å². The van der Waals surface area contributed by atoms with Crippen LogP contribution in [-0.2, 0) is 16.8 Å². The molecule has 0 unspecified atom stereocenters. The number of nitrogens with zero attached hydrogens (tertiary/aromatic N) is 3. The highest BCUT2D eigenvalue weighted by molar-refractivity contribution is 5.78. The second-order valence-corrected chi connectivity index (χ2v) is 7.17. The topological polar surface area (TPSA) is 75.5 Å². The van der Waals surface area contributed by atoms with E-state index in [0.717, 1.165) is 23.4 Å². The maximum atomic E-state index is 12.5. The van der Waals surface area contributed by atoms with Crippen LogP contribution in [0, 0.1) is 13.8 Å². The van der Waals surface area contributed by atoms with E-state index in [-0.39, 0.29) is 12.5 Å². The highest BCUT2D eigenvalue weighted by Crippen LogP contribution is 2.31. The van der Waals surface area contributed by atoms with Crippen molar-refractivity contribution in [2.75, 3.05) is 19.7 Å². The third kappa shape index (κ3) is 4.45. The lowest BCUT2D eigenvalue weighted by Gasteiger charge is -2.37. The van der Waals surface area contributed by atoms with Crippen molar-refractivity contribution < 1.29 is 14.6 Å². The van der Waals surface area contributed by atoms with Crippen molar-refractivity contribution in [3.8, 4) is 5.75 Å². The van der Waals surface area contributed by atoms with Crippen molar-refractivity contribution in [2.45, 2.75) is 45.6 Å². The van der Waals surface area contributed by atoms with Gasteiger partial charge >= 0.3 is 0 Å². The molecule has 27 heavy (non-hydrogen) atoms. The van der Waals surface area contributed by atoms with Gasteiger partial charge in [-0.2, -0.15) is 0 Å². The van der Waals surface area contributed by atoms with Gasteiger partial charge in [0.2, 0.25) is 0 Å². The van der Waals surface area contributed by atoms with Crippen molar-refractivity contribution in [3.63, 3.8) is 0 Å². The van der Waals surface area contributed by atoms with Gasteiger partial charge in [-0.05, 0) is 56.9 Å². The first-order chi connectivity index (χ1) is 12.9. The van der Waals surface area contributed by atoms with Gasteiger partial charge in [-0.25, -0.2) is 0 Å². The van der Waals surface area contributed by atoms with Crippen molar-refractivity contribution in [1.82, 2.24) is 14.9 Å². The molecule has 0 saturated carbocycles. The first kappa shape index (κ1) is 19.3. The van der Waals surface area contributed by atoms with E-state index >= 15 is 0 Å². The minimum absolute atomic E-state index is 0.0149. The van der Waals surface area contributed by atoms with Crippen molar-refractivity contribution in [2.24, 2.45) is 0 Å². The van der Waals surface area contributed by atoms with Crippen molar-refractivity contribution >= 4 is 5.91 Å². The summed E-state index contributed by atoms with van der Waals surface area (Å²) in [6, 6.07) is 7.57. The number of piperidine rings is 1. The number of pyridine rings is 2. The lowest BCUT2D eigenvalue weighted by molar-refractivity contribution is -0.138. The quantitative estimate of drug-likeness (QED) is 0.877. The number of rotatable bonds is 5. The van der Waals surface area contributed by atoms with Gasteiger partial charge in [-0.3, -0.25) is 14.8 Å². The fourth-order valence-corrected chi connectivity index (χ4v) is 3.34. The predicted molar refractivity (Wildman–Crippen MR) is 103 cm³/mol. The molecule has 0 spiro atoms. The Morgan fingerprint density at radius 2 is 1.96 bits per heavy atom. The Morgan fingerprint density at radius 1 is 1.22 bits per heavy atom. The number of likely N-dealkylation sites (tertiary alicyclic amines) is 1. The Bertz CT molecular complexity index is 797. The molecule has 144 valence electrons. The smallest absolute Gasteiger partial charge is 0.260 e. The molecule has 0 radical (unpaired) electrons. The van der Waals surface area contributed by atoms with E-state index in [0.29, 0.717) is 37.4 Å². The average Bonchev–Trinajstić information content (AvgIpc) is 2.67. The molecule has 6 heteroatoms. The maximum absolute atomic E-state index is 12.5. The summed E-state index contributed by atoms with van der Waals surface area (Å²) in [7, 11) is 0. The first-order valence-electron chi connectivity index (χ1n) is 9.44. The standard InChI is InChI=1S/C21H27N3O3/c1-4-17-18(7-6-16(3)23-17)27-14-20(25)24-11-9-21(26,10-12-24)19-8-5-15(2)13-22-19/h5-8,13,26H,4,9-12,14H2,1-3H3. The molecule has 1 saturated heterocycles. The van der Waals surface area contributed by atoms with Crippen LogP contribution in [0.3, 0.4) is 0 Å². The molecule has 0 atom stereocenters. The van der Waals surface area contributed by atoms with Gasteiger partial charge in [-0.15, -0.1) is 0 Å². The van der Waals surface area contributed by atoms with Gasteiger partial charge in [0.05, 0.1) is 11.4 Å². The molecule has 1 amide bonds. The van der Waals surface area contributed by atoms with E-state index in [1.807, 2.05) is 45.0 Å². The third-order valence-corrected chi connectivity index (χ3v) is 5.09. The number of carbonyl (C=O) groups is 1. The normalized spacial score (nSPS) is 16.2. The Balaban J connectivity index is 1.56. The zero-order valence-electron chi connectivity index (χ0n) is 16.2. The highest BCUT2D eigenvalue weighted by Gasteiger charge is 2.36. The molecule has 6 nitrogen and oxygen atoms in total. The molecular formula is C21H27N3O3. The Morgan fingerprint density at radius 3 is 2.59 bits per heavy atom. The van der Waals surface area contributed by atoms with Crippen LogP contribution in [0.4, 0.5) is 0 Å². The van der Waals surface area contributed by atoms with E-state index < -0.39 is 5.60 Å². The fraction of sp³-hybridized carbons (Fsp3) is 0.476. The minimum Gasteiger partial charge on any atom is -0.482 e. The van der Waals surface area contributed by atoms with Gasteiger partial charge in [0.15, 0.2) is 6.61 Å². The molecule has 0 bridgehead atoms. The SMILES string of the molecule is CCc1nc(C)ccc1OCC(=O)N1CCC(O)(c2ccc(C)cn2)CC1. The first-order valence-corrected chi connectivity index (χ1v) is 9.44. The number of hydrogen-bond donors (Lipinski definition) is 1. The zero-order chi connectivity index (χ0) is 19.4. The summed E-state index contributed by atoms with van der Waals surface area (Å²) in [6.45, 7) is 6.88. The van der Waals surface area contributed by atoms with Crippen molar-refractivity contribution in [1.29, 1.82) is 0 Å². The van der Waals surface area contributed by atoms with Crippen LogP contribution in [0.5, 0.6) is 5.75 Å². The second-order valence-electron chi connectivity index (χ2n) is 7.17. The van der Waals surface area contributed by atoms with Crippen LogP contribution in [0.15, 0.2) is 30.5 Å². The number of aryl methyl sites for hydroxylation is 3. The highest BCUT2D eigenvalue weighted by atomic mass is 16.5. The maximum Gasteiger partial charge on any atom is 0.260 e. The van der Waals surface area contributed by atoms with Gasteiger partial charge in [0.25, 0.3) is 5.91 Å². The van der Waals surface area contributed by atoms with E-state index in [4.69, 9.17) is 4.74 Å². The molecule has 2 aromatic rings. The lowest BCUT2D eigenvalue weighted by Crippen LogP contribution is -2.47. The molecule has 1 N–H and O–H groups in total. The number of carbonyl (C=O) groups excluding carboxylic acids is 1. The molecule has 2 aromatic heterocycles. The molecule has 1 aliphatic heterocycles. The summed E-state index contributed by atoms with van der Waals surface area (Å²) >= 11 is 0. The number of hydrogen-bond acceptors (Lipinski definition) is 5. The van der Waals surface area contributed by atoms with Gasteiger partial charge in [0.1, 0.15) is 11.4 Å². The monoisotopic (exact) mass is 369 g/mol. The summed E-state index contributed by atoms with van der Waals surface area (Å²) in [5, 5.41) is 10.9. The van der Waals surface area contributed by atoms with Crippen LogP contribution < -0.4 is 4.74 Å². The fourth-order valence-electron chi connectivity index (χ4n) is 3.34. The van der Waals surface area contributed by atoms with Gasteiger partial charge < -0.3 is 14.7 Å². The van der Waals surface area contributed by atoms with E-state index in [9.17, 15) is 9.90 Å². The van der Waals surface area contributed by atoms with Crippen LogP contribution in [0.25, 0.3) is 0 Å². The van der Waals surface area contributed by atoms with Crippen LogP contribution >= 0.6 is 0 Å². The molecule has 3 heterocycles. The number of amides is 1. The average molecular weight is 369 g/mol. The minimum atomic E-state index is -0.971. The number of aromatic nitrogens is 2. The van der Waals surface area contributed by atoms with Gasteiger partial charge in [0, 0.05) is 25.0 Å². The number of ether oxygens (including phenoxy) is 1. The van der Waals surface area contributed by atoms with Crippen LogP contribution in [0.1, 0.15) is 42.4 Å². The molecule has 0 aliphatic carbocycles. The summed E-state index contributed by atoms with van der Waals surface area (Å²) < 4.78 is 5.72. The Kier molecular flexibility index (Phi) is 5.75. The van der Waals surface area contributed by atoms with Crippen LogP contribution in [-0.4, -0.2) is 45.6 Å². The predicted octanol–water partition coefficient (Wildman–Crippen LogP) is 2.54. The molecule has 1 aliphatic rings. The summed E-state index contributed by atoms with van der Waals surface area (Å²) in [6.07, 6.45) is 3.47. The van der Waals surface area contributed by atoms with Gasteiger partial charge in [-0.1, -0.05) is 13.0 Å². The van der Waals surface area contributed by atoms with E-state index in [1.54, 1.807) is 11.1 Å². The Labute approximate surface area is 160 Å². The molecular weight excluding hydrogens is 342 g/mol. The largest absolute Gasteiger partial charge is 0.482 e. The Hall–Kier alpha value is -2.47. The number of aliphatic hydroxyl groups is 1. The zero-order valence-corrected chi connectivity index (χ0v) is 16.2. The molecule has 3 rings (SSSR count). The summed E-state index contributed by atoms with van der Waals surface area (Å²) in [5.74, 6) is 0.588. The molecule has 0 aromatic carbocycles. The van der Waals surface area contributed by atoms with E-state index in [2.05, 4.69) is 9.97 Å². The summed E-state index contributed by atoms with van der Waals surface area (Å²) in [4.78, 5) is 23.1. The second kappa shape index (κ2) is 8.05. The summed E-state index contributed by atoms with van der Waals surface area (Å²) in [5.41, 5.74) is 2.56. The van der Waals surface area contributed by atoms with Crippen molar-refractivity contribution in [3.05, 3.63) is 53.1 Å². The molecule has 1 fully saturated rings. The third-order valence-electron chi connectivity index (χ3n) is 5.09. The lowest BCUT2D eigenvalue weighted by atomic mass is 9.87. The van der Waals surface area contributed by atoms with E-state index in [1.165, 1.54) is 0 Å².